The summed E-state index contributed by atoms with van der Waals surface area (Å²) in [5, 5.41) is 0. The number of fused-ring (bicyclic) bond motifs is 1. The second kappa shape index (κ2) is 8.68. The third-order valence-electron chi connectivity index (χ3n) is 6.50. The van der Waals surface area contributed by atoms with E-state index in [4.69, 9.17) is 14.2 Å². The molecule has 2 aliphatic carbocycles. The smallest absolute Gasteiger partial charge is 0.169 e. The van der Waals surface area contributed by atoms with Gasteiger partial charge in [-0.05, 0) is 73.4 Å². The lowest BCUT2D eigenvalue weighted by Crippen LogP contribution is -2.35. The molecule has 2 aliphatic rings. The van der Waals surface area contributed by atoms with Crippen molar-refractivity contribution >= 4 is 5.78 Å². The third-order valence-corrected chi connectivity index (χ3v) is 6.50. The van der Waals surface area contributed by atoms with Gasteiger partial charge in [-0.25, -0.2) is 0 Å². The van der Waals surface area contributed by atoms with E-state index in [0.717, 1.165) is 74.2 Å². The van der Waals surface area contributed by atoms with Gasteiger partial charge in [-0.2, -0.15) is 0 Å². The Kier molecular flexibility index (Phi) is 6.02. The number of Topliss-reactive ketones (excluding diaryl/α,β-unsaturated/α-hetero) is 1. The van der Waals surface area contributed by atoms with E-state index >= 15 is 0 Å². The summed E-state index contributed by atoms with van der Waals surface area (Å²) < 4.78 is 16.4. The minimum Gasteiger partial charge on any atom is -0.497 e. The SMILES string of the molecule is COCCCOC1CCC2(CC1)Cc1ccc(-c3cccc(OC)c3)cc1C2=O. The molecule has 0 amide bonds. The lowest BCUT2D eigenvalue weighted by molar-refractivity contribution is -0.00469. The van der Waals surface area contributed by atoms with Crippen molar-refractivity contribution in [3.8, 4) is 16.9 Å². The van der Waals surface area contributed by atoms with Crippen molar-refractivity contribution in [3.05, 3.63) is 53.6 Å². The molecule has 0 radical (unpaired) electrons. The Labute approximate surface area is 173 Å². The van der Waals surface area contributed by atoms with Crippen LogP contribution in [0.4, 0.5) is 0 Å². The van der Waals surface area contributed by atoms with Crippen LogP contribution in [0.2, 0.25) is 0 Å². The van der Waals surface area contributed by atoms with Gasteiger partial charge >= 0.3 is 0 Å². The number of carbonyl (C=O) groups excluding carboxylic acids is 1. The van der Waals surface area contributed by atoms with Gasteiger partial charge in [0.1, 0.15) is 5.75 Å². The Bertz CT molecular complexity index is 865. The number of benzene rings is 2. The van der Waals surface area contributed by atoms with Crippen molar-refractivity contribution < 1.29 is 19.0 Å². The van der Waals surface area contributed by atoms with Gasteiger partial charge in [0, 0.05) is 31.3 Å². The van der Waals surface area contributed by atoms with Crippen molar-refractivity contribution in [2.24, 2.45) is 5.41 Å². The fourth-order valence-electron chi connectivity index (χ4n) is 4.82. The second-order valence-corrected chi connectivity index (χ2v) is 8.31. The summed E-state index contributed by atoms with van der Waals surface area (Å²) in [6.45, 7) is 1.48. The molecule has 2 aromatic carbocycles. The van der Waals surface area contributed by atoms with Gasteiger partial charge in [-0.1, -0.05) is 24.3 Å². The van der Waals surface area contributed by atoms with Gasteiger partial charge in [0.25, 0.3) is 0 Å². The number of carbonyl (C=O) groups is 1. The molecule has 0 aromatic heterocycles. The Hall–Kier alpha value is -2.17. The van der Waals surface area contributed by atoms with Crippen molar-refractivity contribution in [3.63, 3.8) is 0 Å². The maximum Gasteiger partial charge on any atom is 0.169 e. The molecule has 4 nitrogen and oxygen atoms in total. The number of rotatable bonds is 7. The van der Waals surface area contributed by atoms with Gasteiger partial charge in [0.05, 0.1) is 13.2 Å². The van der Waals surface area contributed by atoms with Crippen molar-refractivity contribution in [1.82, 2.24) is 0 Å². The van der Waals surface area contributed by atoms with Crippen LogP contribution in [0.1, 0.15) is 48.0 Å². The standard InChI is InChI=1S/C25H30O4/c1-27-13-4-14-29-21-9-11-25(12-10-21)17-20-8-7-19(16-23(20)24(25)26)18-5-3-6-22(15-18)28-2/h3,5-8,15-16,21H,4,9-14,17H2,1-2H3. The summed E-state index contributed by atoms with van der Waals surface area (Å²) in [7, 11) is 3.39. The van der Waals surface area contributed by atoms with E-state index in [9.17, 15) is 4.79 Å². The maximum atomic E-state index is 13.4. The van der Waals surface area contributed by atoms with E-state index in [1.54, 1.807) is 14.2 Å². The van der Waals surface area contributed by atoms with Crippen molar-refractivity contribution in [2.75, 3.05) is 27.4 Å². The quantitative estimate of drug-likeness (QED) is 0.614. The normalized spacial score (nSPS) is 23.4. The number of hydrogen-bond acceptors (Lipinski definition) is 4. The van der Waals surface area contributed by atoms with Gasteiger partial charge in [0.2, 0.25) is 0 Å². The fraction of sp³-hybridized carbons (Fsp3) is 0.480. The summed E-state index contributed by atoms with van der Waals surface area (Å²) in [4.78, 5) is 13.4. The number of ketones is 1. The summed E-state index contributed by atoms with van der Waals surface area (Å²) in [5.41, 5.74) is 4.03. The van der Waals surface area contributed by atoms with E-state index in [0.29, 0.717) is 5.78 Å². The highest BCUT2D eigenvalue weighted by Gasteiger charge is 2.47. The molecule has 1 fully saturated rings. The molecule has 0 N–H and O–H groups in total. The highest BCUT2D eigenvalue weighted by Crippen LogP contribution is 2.48. The zero-order chi connectivity index (χ0) is 20.3. The lowest BCUT2D eigenvalue weighted by atomic mass is 9.70. The van der Waals surface area contributed by atoms with E-state index in [-0.39, 0.29) is 11.5 Å². The number of methoxy groups -OCH3 is 2. The van der Waals surface area contributed by atoms with Gasteiger partial charge < -0.3 is 14.2 Å². The monoisotopic (exact) mass is 394 g/mol. The molecule has 1 spiro atoms. The molecule has 0 heterocycles. The Morgan fingerprint density at radius 3 is 2.55 bits per heavy atom. The molecule has 0 atom stereocenters. The van der Waals surface area contributed by atoms with Crippen LogP contribution < -0.4 is 4.74 Å². The Balaban J connectivity index is 1.45. The Morgan fingerprint density at radius 1 is 1.00 bits per heavy atom. The van der Waals surface area contributed by atoms with Crippen molar-refractivity contribution in [2.45, 2.75) is 44.6 Å². The summed E-state index contributed by atoms with van der Waals surface area (Å²) >= 11 is 0. The predicted molar refractivity (Wildman–Crippen MR) is 114 cm³/mol. The van der Waals surface area contributed by atoms with E-state index in [1.165, 1.54) is 5.56 Å². The fourth-order valence-corrected chi connectivity index (χ4v) is 4.82. The van der Waals surface area contributed by atoms with E-state index < -0.39 is 0 Å². The maximum absolute atomic E-state index is 13.4. The average Bonchev–Trinajstić information content (AvgIpc) is 3.03. The van der Waals surface area contributed by atoms with Crippen LogP contribution in [0, 0.1) is 5.41 Å². The first-order valence-electron chi connectivity index (χ1n) is 10.6. The first kappa shape index (κ1) is 20.1. The minimum absolute atomic E-state index is 0.221. The number of ether oxygens (including phenoxy) is 3. The first-order valence-corrected chi connectivity index (χ1v) is 10.6. The van der Waals surface area contributed by atoms with Gasteiger partial charge in [0.15, 0.2) is 5.78 Å². The molecule has 4 heteroatoms. The summed E-state index contributed by atoms with van der Waals surface area (Å²) in [5.74, 6) is 1.16. The van der Waals surface area contributed by atoms with Gasteiger partial charge in [-0.3, -0.25) is 4.79 Å². The minimum atomic E-state index is -0.221. The molecule has 29 heavy (non-hydrogen) atoms. The zero-order valence-electron chi connectivity index (χ0n) is 17.4. The second-order valence-electron chi connectivity index (χ2n) is 8.31. The van der Waals surface area contributed by atoms with Crippen LogP contribution in [0.25, 0.3) is 11.1 Å². The largest absolute Gasteiger partial charge is 0.497 e. The molecule has 154 valence electrons. The van der Waals surface area contributed by atoms with Crippen LogP contribution in [0.3, 0.4) is 0 Å². The first-order chi connectivity index (χ1) is 14.1. The topological polar surface area (TPSA) is 44.8 Å². The zero-order valence-corrected chi connectivity index (χ0v) is 17.4. The highest BCUT2D eigenvalue weighted by atomic mass is 16.5. The molecular formula is C25H30O4. The molecule has 2 aromatic rings. The van der Waals surface area contributed by atoms with Crippen LogP contribution in [0.5, 0.6) is 5.75 Å². The number of hydrogen-bond donors (Lipinski definition) is 0. The van der Waals surface area contributed by atoms with E-state index in [2.05, 4.69) is 24.3 Å². The molecule has 0 bridgehead atoms. The van der Waals surface area contributed by atoms with Crippen LogP contribution >= 0.6 is 0 Å². The van der Waals surface area contributed by atoms with Gasteiger partial charge in [-0.15, -0.1) is 0 Å². The molecule has 0 saturated heterocycles. The lowest BCUT2D eigenvalue weighted by Gasteiger charge is -2.35. The van der Waals surface area contributed by atoms with Crippen LogP contribution in [0.15, 0.2) is 42.5 Å². The molecule has 1 saturated carbocycles. The molecule has 4 rings (SSSR count). The Morgan fingerprint density at radius 2 is 1.79 bits per heavy atom. The predicted octanol–water partition coefficient (Wildman–Crippen LogP) is 5.08. The molecular weight excluding hydrogens is 364 g/mol. The van der Waals surface area contributed by atoms with Crippen LogP contribution in [-0.2, 0) is 15.9 Å². The van der Waals surface area contributed by atoms with E-state index in [1.807, 2.05) is 18.2 Å². The molecule has 0 aliphatic heterocycles. The third kappa shape index (κ3) is 4.10. The van der Waals surface area contributed by atoms with Crippen molar-refractivity contribution in [1.29, 1.82) is 0 Å². The highest BCUT2D eigenvalue weighted by molar-refractivity contribution is 6.05. The summed E-state index contributed by atoms with van der Waals surface area (Å²) in [6.07, 6.45) is 5.85. The van der Waals surface area contributed by atoms with Crippen LogP contribution in [-0.4, -0.2) is 39.3 Å². The average molecular weight is 395 g/mol. The summed E-state index contributed by atoms with van der Waals surface area (Å²) in [6, 6.07) is 14.4. The molecule has 0 unspecified atom stereocenters.